The molecule has 0 aliphatic heterocycles. The third-order valence-electron chi connectivity index (χ3n) is 0.372. The van der Waals surface area contributed by atoms with Crippen LogP contribution in [-0.2, 0) is 4.74 Å². The van der Waals surface area contributed by atoms with Gasteiger partial charge in [-0.15, -0.1) is 0 Å². The average Bonchev–Trinajstić information content (AvgIpc) is 1.27. The van der Waals surface area contributed by atoms with E-state index < -0.39 is 0 Å². The van der Waals surface area contributed by atoms with Crippen molar-refractivity contribution in [3.8, 4) is 0 Å². The van der Waals surface area contributed by atoms with E-state index in [1.807, 2.05) is 13.8 Å². The monoisotopic (exact) mass is 102 g/mol. The average molecular weight is 102 g/mol. The topological polar surface area (TPSA) is 29.5 Å². The van der Waals surface area contributed by atoms with Gasteiger partial charge in [-0.25, -0.2) is 0 Å². The Bertz CT molecular complexity index is 66.5. The van der Waals surface area contributed by atoms with Crippen molar-refractivity contribution in [3.63, 3.8) is 0 Å². The van der Waals surface area contributed by atoms with Crippen LogP contribution >= 0.6 is 0 Å². The van der Waals surface area contributed by atoms with Crippen LogP contribution in [0.5, 0.6) is 0 Å². The summed E-state index contributed by atoms with van der Waals surface area (Å²) in [7, 11) is 0. The van der Waals surface area contributed by atoms with Crippen LogP contribution in [0.4, 0.5) is 0 Å². The molecule has 2 nitrogen and oxygen atoms in total. The molecule has 0 atom stereocenters. The van der Waals surface area contributed by atoms with Gasteiger partial charge in [0.25, 0.3) is 5.95 Å². The Morgan fingerprint density at radius 1 is 1.71 bits per heavy atom. The summed E-state index contributed by atoms with van der Waals surface area (Å²) in [4.78, 5) is 0. The summed E-state index contributed by atoms with van der Waals surface area (Å²) in [6.45, 7) is 6.77. The van der Waals surface area contributed by atoms with Gasteiger partial charge in [-0.05, 0) is 20.4 Å². The van der Waals surface area contributed by atoms with E-state index in [0.29, 0.717) is 0 Å². The van der Waals surface area contributed by atoms with E-state index >= 15 is 0 Å². The first-order valence-electron chi connectivity index (χ1n) is 2.17. The van der Waals surface area contributed by atoms with Crippen LogP contribution in [0.25, 0.3) is 0 Å². The van der Waals surface area contributed by atoms with Crippen LogP contribution in [-0.4, -0.2) is 11.2 Å². The number of aliphatic hydroxyl groups excluding tert-OH is 1. The molecule has 2 heteroatoms. The van der Waals surface area contributed by atoms with Crippen molar-refractivity contribution in [3.05, 3.63) is 12.5 Å². The van der Waals surface area contributed by atoms with Gasteiger partial charge in [-0.1, -0.05) is 0 Å². The first-order chi connectivity index (χ1) is 3.13. The van der Waals surface area contributed by atoms with Crippen LogP contribution < -0.4 is 0 Å². The zero-order valence-corrected chi connectivity index (χ0v) is 4.64. The Labute approximate surface area is 43.4 Å². The highest BCUT2D eigenvalue weighted by Gasteiger charge is 1.90. The number of ether oxygens (including phenoxy) is 1. The Balaban J connectivity index is 3.13. The van der Waals surface area contributed by atoms with Crippen LogP contribution in [0.1, 0.15) is 13.8 Å². The molecule has 7 heavy (non-hydrogen) atoms. The van der Waals surface area contributed by atoms with Crippen LogP contribution in [0.3, 0.4) is 0 Å². The standard InChI is InChI=1S/C5H10O2/c1-4(2)7-5(3)6/h4,6H,3H2,1-2H3. The van der Waals surface area contributed by atoms with Gasteiger partial charge in [0.1, 0.15) is 0 Å². The Kier molecular flexibility index (Phi) is 2.27. The zero-order valence-electron chi connectivity index (χ0n) is 4.64. The van der Waals surface area contributed by atoms with Crippen LogP contribution in [0.15, 0.2) is 12.5 Å². The summed E-state index contributed by atoms with van der Waals surface area (Å²) < 4.78 is 4.61. The Hall–Kier alpha value is -0.660. The molecule has 0 aromatic rings. The van der Waals surface area contributed by atoms with Gasteiger partial charge >= 0.3 is 0 Å². The zero-order chi connectivity index (χ0) is 5.86. The van der Waals surface area contributed by atoms with E-state index in [2.05, 4.69) is 11.3 Å². The summed E-state index contributed by atoms with van der Waals surface area (Å²) in [5.74, 6) is -0.213. The molecular weight excluding hydrogens is 92.1 g/mol. The lowest BCUT2D eigenvalue weighted by Crippen LogP contribution is -1.99. The predicted molar refractivity (Wildman–Crippen MR) is 28.0 cm³/mol. The SMILES string of the molecule is C=C(O)OC(C)C. The fraction of sp³-hybridized carbons (Fsp3) is 0.600. The van der Waals surface area contributed by atoms with E-state index in [4.69, 9.17) is 5.11 Å². The number of hydrogen-bond acceptors (Lipinski definition) is 2. The molecule has 1 N–H and O–H groups in total. The molecule has 0 aromatic heterocycles. The summed E-state index contributed by atoms with van der Waals surface area (Å²) in [5, 5.41) is 8.31. The Morgan fingerprint density at radius 2 is 2.14 bits per heavy atom. The van der Waals surface area contributed by atoms with Gasteiger partial charge in [0.15, 0.2) is 0 Å². The Morgan fingerprint density at radius 3 is 2.14 bits per heavy atom. The third kappa shape index (κ3) is 5.34. The molecule has 0 unspecified atom stereocenters. The lowest BCUT2D eigenvalue weighted by atomic mass is 10.5. The molecule has 42 valence electrons. The second-order valence-electron chi connectivity index (χ2n) is 1.56. The van der Waals surface area contributed by atoms with Crippen molar-refractivity contribution in [2.24, 2.45) is 0 Å². The minimum absolute atomic E-state index is 0.0255. The van der Waals surface area contributed by atoms with Gasteiger partial charge in [0, 0.05) is 0 Å². The summed E-state index contributed by atoms with van der Waals surface area (Å²) in [6.07, 6.45) is 0.0255. The molecule has 0 aromatic carbocycles. The first-order valence-corrected chi connectivity index (χ1v) is 2.17. The van der Waals surface area contributed by atoms with Gasteiger partial charge in [0.05, 0.1) is 6.10 Å². The number of rotatable bonds is 2. The predicted octanol–water partition coefficient (Wildman–Crippen LogP) is 1.44. The molecule has 0 heterocycles. The van der Waals surface area contributed by atoms with E-state index in [1.54, 1.807) is 0 Å². The van der Waals surface area contributed by atoms with E-state index in [9.17, 15) is 0 Å². The van der Waals surface area contributed by atoms with Gasteiger partial charge < -0.3 is 9.84 Å². The maximum Gasteiger partial charge on any atom is 0.269 e. The molecule has 0 fully saturated rings. The second kappa shape index (κ2) is 2.50. The molecule has 0 bridgehead atoms. The molecule has 0 rings (SSSR count). The van der Waals surface area contributed by atoms with Gasteiger partial charge in [-0.2, -0.15) is 0 Å². The fourth-order valence-electron chi connectivity index (χ4n) is 0.272. The minimum atomic E-state index is -0.213. The normalized spacial score (nSPS) is 9.00. The number of hydrogen-bond donors (Lipinski definition) is 1. The van der Waals surface area contributed by atoms with Crippen LogP contribution in [0, 0.1) is 0 Å². The summed E-state index contributed by atoms with van der Waals surface area (Å²) in [6, 6.07) is 0. The van der Waals surface area contributed by atoms with Crippen LogP contribution in [0.2, 0.25) is 0 Å². The highest BCUT2D eigenvalue weighted by Crippen LogP contribution is 1.92. The first kappa shape index (κ1) is 6.34. The van der Waals surface area contributed by atoms with E-state index in [1.165, 1.54) is 0 Å². The summed E-state index contributed by atoms with van der Waals surface area (Å²) >= 11 is 0. The van der Waals surface area contributed by atoms with E-state index in [-0.39, 0.29) is 12.0 Å². The molecule has 0 radical (unpaired) electrons. The highest BCUT2D eigenvalue weighted by molar-refractivity contribution is 4.63. The fourth-order valence-corrected chi connectivity index (χ4v) is 0.272. The van der Waals surface area contributed by atoms with E-state index in [0.717, 1.165) is 0 Å². The molecule has 0 saturated heterocycles. The summed E-state index contributed by atoms with van der Waals surface area (Å²) in [5.41, 5.74) is 0. The maximum absolute atomic E-state index is 8.31. The van der Waals surface area contributed by atoms with Crippen molar-refractivity contribution in [1.29, 1.82) is 0 Å². The van der Waals surface area contributed by atoms with Crippen molar-refractivity contribution in [1.82, 2.24) is 0 Å². The van der Waals surface area contributed by atoms with Crippen molar-refractivity contribution in [2.75, 3.05) is 0 Å². The lowest BCUT2D eigenvalue weighted by Gasteiger charge is -2.04. The molecule has 0 saturated carbocycles. The van der Waals surface area contributed by atoms with Crippen molar-refractivity contribution in [2.45, 2.75) is 20.0 Å². The van der Waals surface area contributed by atoms with Gasteiger partial charge in [0.2, 0.25) is 0 Å². The van der Waals surface area contributed by atoms with Crippen molar-refractivity contribution < 1.29 is 9.84 Å². The van der Waals surface area contributed by atoms with Crippen molar-refractivity contribution >= 4 is 0 Å². The molecular formula is C5H10O2. The molecule has 0 amide bonds. The molecule has 0 aliphatic carbocycles. The van der Waals surface area contributed by atoms with Gasteiger partial charge in [-0.3, -0.25) is 0 Å². The number of aliphatic hydroxyl groups is 1. The highest BCUT2D eigenvalue weighted by atomic mass is 16.6. The molecule has 0 aliphatic rings. The minimum Gasteiger partial charge on any atom is -0.481 e. The molecule has 0 spiro atoms. The quantitative estimate of drug-likeness (QED) is 0.534. The smallest absolute Gasteiger partial charge is 0.269 e. The lowest BCUT2D eigenvalue weighted by molar-refractivity contribution is 0.0539. The second-order valence-corrected chi connectivity index (χ2v) is 1.56. The largest absolute Gasteiger partial charge is 0.481 e. The third-order valence-corrected chi connectivity index (χ3v) is 0.372. The maximum atomic E-state index is 8.31.